The largest absolute Gasteiger partial charge is 0.481 e. The maximum Gasteiger partial charge on any atom is 0.303 e. The van der Waals surface area contributed by atoms with Gasteiger partial charge in [-0.15, -0.1) is 11.8 Å². The van der Waals surface area contributed by atoms with Gasteiger partial charge in [-0.2, -0.15) is 0 Å². The number of carbonyl (C=O) groups is 2. The summed E-state index contributed by atoms with van der Waals surface area (Å²) in [6, 6.07) is 7.60. The fourth-order valence-electron chi connectivity index (χ4n) is 2.05. The van der Waals surface area contributed by atoms with E-state index >= 15 is 0 Å². The second-order valence-electron chi connectivity index (χ2n) is 5.16. The Kier molecular flexibility index (Phi) is 4.30. The first-order valence-electron chi connectivity index (χ1n) is 6.52. The quantitative estimate of drug-likeness (QED) is 0.611. The molecule has 102 valence electrons. The van der Waals surface area contributed by atoms with Gasteiger partial charge in [0.05, 0.1) is 6.42 Å². The molecule has 0 aliphatic heterocycles. The van der Waals surface area contributed by atoms with Crippen LogP contribution in [0.3, 0.4) is 0 Å². The Hall–Kier alpha value is -1.29. The number of carboxylic acid groups (broad SMARTS) is 1. The van der Waals surface area contributed by atoms with Crippen molar-refractivity contribution in [3.63, 3.8) is 0 Å². The molecule has 3 nitrogen and oxygen atoms in total. The zero-order chi connectivity index (χ0) is 13.9. The lowest BCUT2D eigenvalue weighted by molar-refractivity contribution is -0.138. The third kappa shape index (κ3) is 3.83. The van der Waals surface area contributed by atoms with E-state index in [2.05, 4.69) is 0 Å². The first-order chi connectivity index (χ1) is 9.04. The summed E-state index contributed by atoms with van der Waals surface area (Å²) in [5.41, 5.74) is 0.757. The Balaban J connectivity index is 1.90. The number of hydrogen-bond donors (Lipinski definition) is 1. The number of carboxylic acids is 1. The summed E-state index contributed by atoms with van der Waals surface area (Å²) < 4.78 is 0. The van der Waals surface area contributed by atoms with Crippen molar-refractivity contribution in [2.75, 3.05) is 5.75 Å². The van der Waals surface area contributed by atoms with E-state index in [0.717, 1.165) is 29.1 Å². The van der Waals surface area contributed by atoms with Crippen LogP contribution >= 0.6 is 11.8 Å². The molecule has 1 fully saturated rings. The number of hydrogen-bond acceptors (Lipinski definition) is 3. The maximum atomic E-state index is 11.5. The molecule has 0 atom stereocenters. The Morgan fingerprint density at radius 1 is 1.26 bits per heavy atom. The number of benzene rings is 1. The van der Waals surface area contributed by atoms with Gasteiger partial charge in [0.2, 0.25) is 0 Å². The molecule has 0 heterocycles. The summed E-state index contributed by atoms with van der Waals surface area (Å²) in [5.74, 6) is 0.295. The lowest BCUT2D eigenvalue weighted by atomic mass is 10.1. The SMILES string of the molecule is CCC(=O)c1ccc(SCC2(CC(=O)O)CC2)cc1. The lowest BCUT2D eigenvalue weighted by Gasteiger charge is -2.11. The average Bonchev–Trinajstić information content (AvgIpc) is 3.15. The third-order valence-electron chi connectivity index (χ3n) is 3.53. The van der Waals surface area contributed by atoms with Crippen LogP contribution in [0.1, 0.15) is 43.0 Å². The summed E-state index contributed by atoms with van der Waals surface area (Å²) in [6.07, 6.45) is 2.82. The molecular formula is C15H18O3S. The minimum absolute atomic E-state index is 0.00834. The smallest absolute Gasteiger partial charge is 0.303 e. The molecule has 4 heteroatoms. The van der Waals surface area contributed by atoms with E-state index in [-0.39, 0.29) is 17.6 Å². The normalized spacial score (nSPS) is 16.1. The van der Waals surface area contributed by atoms with Gasteiger partial charge in [0.1, 0.15) is 0 Å². The maximum absolute atomic E-state index is 11.5. The van der Waals surface area contributed by atoms with E-state index in [4.69, 9.17) is 5.11 Å². The summed E-state index contributed by atoms with van der Waals surface area (Å²) in [7, 11) is 0. The Morgan fingerprint density at radius 3 is 2.37 bits per heavy atom. The first-order valence-corrected chi connectivity index (χ1v) is 7.51. The molecule has 1 saturated carbocycles. The highest BCUT2D eigenvalue weighted by Gasteiger charge is 2.44. The van der Waals surface area contributed by atoms with E-state index in [9.17, 15) is 9.59 Å². The van der Waals surface area contributed by atoms with Crippen LogP contribution in [0.5, 0.6) is 0 Å². The highest BCUT2D eigenvalue weighted by Crippen LogP contribution is 2.51. The van der Waals surface area contributed by atoms with Crippen molar-refractivity contribution in [1.82, 2.24) is 0 Å². The van der Waals surface area contributed by atoms with Gasteiger partial charge >= 0.3 is 5.97 Å². The van der Waals surface area contributed by atoms with E-state index in [0.29, 0.717) is 6.42 Å². The summed E-state index contributed by atoms with van der Waals surface area (Å²) >= 11 is 1.69. The molecule has 0 spiro atoms. The standard InChI is InChI=1S/C15H18O3S/c1-2-13(16)11-3-5-12(6-4-11)19-10-15(7-8-15)9-14(17)18/h3-6H,2,7-10H2,1H3,(H,17,18). The van der Waals surface area contributed by atoms with Crippen LogP contribution < -0.4 is 0 Å². The number of Topliss-reactive ketones (excluding diaryl/α,β-unsaturated/α-hetero) is 1. The lowest BCUT2D eigenvalue weighted by Crippen LogP contribution is -2.10. The molecule has 19 heavy (non-hydrogen) atoms. The highest BCUT2D eigenvalue weighted by molar-refractivity contribution is 7.99. The topological polar surface area (TPSA) is 54.4 Å². The van der Waals surface area contributed by atoms with Crippen molar-refractivity contribution < 1.29 is 14.7 Å². The van der Waals surface area contributed by atoms with Gasteiger partial charge in [-0.1, -0.05) is 19.1 Å². The van der Waals surface area contributed by atoms with Crippen molar-refractivity contribution >= 4 is 23.5 Å². The Bertz CT molecular complexity index is 475. The molecule has 1 aromatic rings. The van der Waals surface area contributed by atoms with Crippen LogP contribution in [-0.2, 0) is 4.79 Å². The van der Waals surface area contributed by atoms with Gasteiger partial charge in [0.25, 0.3) is 0 Å². The van der Waals surface area contributed by atoms with E-state index in [1.807, 2.05) is 31.2 Å². The number of aliphatic carboxylic acids is 1. The minimum Gasteiger partial charge on any atom is -0.481 e. The molecule has 0 bridgehead atoms. The van der Waals surface area contributed by atoms with Crippen LogP contribution in [0, 0.1) is 5.41 Å². The molecule has 0 aromatic heterocycles. The number of ketones is 1. The zero-order valence-electron chi connectivity index (χ0n) is 11.0. The van der Waals surface area contributed by atoms with Crippen LogP contribution in [0.2, 0.25) is 0 Å². The molecular weight excluding hydrogens is 260 g/mol. The van der Waals surface area contributed by atoms with Crippen molar-refractivity contribution in [3.05, 3.63) is 29.8 Å². The fourth-order valence-corrected chi connectivity index (χ4v) is 3.24. The van der Waals surface area contributed by atoms with E-state index in [1.54, 1.807) is 11.8 Å². The van der Waals surface area contributed by atoms with E-state index in [1.165, 1.54) is 0 Å². The molecule has 1 N–H and O–H groups in total. The van der Waals surface area contributed by atoms with Gasteiger partial charge < -0.3 is 5.11 Å². The first kappa shape index (κ1) is 14.1. The summed E-state index contributed by atoms with van der Waals surface area (Å²) in [5, 5.41) is 8.86. The predicted molar refractivity (Wildman–Crippen MR) is 75.7 cm³/mol. The van der Waals surface area contributed by atoms with Crippen LogP contribution in [0.25, 0.3) is 0 Å². The molecule has 0 unspecified atom stereocenters. The van der Waals surface area contributed by atoms with Gasteiger partial charge in [-0.3, -0.25) is 9.59 Å². The molecule has 2 rings (SSSR count). The highest BCUT2D eigenvalue weighted by atomic mass is 32.2. The zero-order valence-corrected chi connectivity index (χ0v) is 11.8. The van der Waals surface area contributed by atoms with E-state index < -0.39 is 5.97 Å². The van der Waals surface area contributed by atoms with Crippen LogP contribution in [0.15, 0.2) is 29.2 Å². The second kappa shape index (κ2) is 5.78. The van der Waals surface area contributed by atoms with Crippen LogP contribution in [-0.4, -0.2) is 22.6 Å². The summed E-state index contributed by atoms with van der Waals surface area (Å²) in [4.78, 5) is 23.4. The van der Waals surface area contributed by atoms with Crippen molar-refractivity contribution in [1.29, 1.82) is 0 Å². The second-order valence-corrected chi connectivity index (χ2v) is 6.21. The Labute approximate surface area is 117 Å². The van der Waals surface area contributed by atoms with Crippen LogP contribution in [0.4, 0.5) is 0 Å². The third-order valence-corrected chi connectivity index (χ3v) is 4.89. The van der Waals surface area contributed by atoms with Gasteiger partial charge in [-0.25, -0.2) is 0 Å². The molecule has 0 amide bonds. The van der Waals surface area contributed by atoms with Gasteiger partial charge in [0.15, 0.2) is 5.78 Å². The number of carbonyl (C=O) groups excluding carboxylic acids is 1. The molecule has 1 aliphatic carbocycles. The average molecular weight is 278 g/mol. The number of thioether (sulfide) groups is 1. The summed E-state index contributed by atoms with van der Waals surface area (Å²) in [6.45, 7) is 1.85. The number of rotatable bonds is 7. The van der Waals surface area contributed by atoms with Gasteiger partial charge in [0, 0.05) is 22.6 Å². The Morgan fingerprint density at radius 2 is 1.89 bits per heavy atom. The molecule has 0 saturated heterocycles. The predicted octanol–water partition coefficient (Wildman–Crippen LogP) is 3.63. The fraction of sp³-hybridized carbons (Fsp3) is 0.467. The van der Waals surface area contributed by atoms with Crippen molar-refractivity contribution in [2.45, 2.75) is 37.5 Å². The monoisotopic (exact) mass is 278 g/mol. The van der Waals surface area contributed by atoms with Gasteiger partial charge in [-0.05, 0) is 30.4 Å². The van der Waals surface area contributed by atoms with Crippen molar-refractivity contribution in [2.24, 2.45) is 5.41 Å². The molecule has 0 radical (unpaired) electrons. The molecule has 1 aliphatic rings. The molecule has 1 aromatic carbocycles. The van der Waals surface area contributed by atoms with Crippen molar-refractivity contribution in [3.8, 4) is 0 Å². The minimum atomic E-state index is -0.706.